The number of para-hydroxylation sites is 2. The van der Waals surface area contributed by atoms with E-state index in [-0.39, 0.29) is 16.6 Å². The van der Waals surface area contributed by atoms with Crippen LogP contribution in [0.1, 0.15) is 0 Å². The van der Waals surface area contributed by atoms with Crippen molar-refractivity contribution in [2.45, 2.75) is 4.90 Å². The Bertz CT molecular complexity index is 896. The van der Waals surface area contributed by atoms with Gasteiger partial charge in [-0.3, -0.25) is 0 Å². The summed E-state index contributed by atoms with van der Waals surface area (Å²) in [5.74, 6) is -0.300. The molecule has 21 heavy (non-hydrogen) atoms. The third kappa shape index (κ3) is 2.63. The first kappa shape index (κ1) is 13.3. The molecule has 0 bridgehead atoms. The number of aromatic nitrogens is 2. The fraction of sp³-hybridized carbons (Fsp3) is 0. The summed E-state index contributed by atoms with van der Waals surface area (Å²) in [6, 6.07) is 14.8. The van der Waals surface area contributed by atoms with E-state index in [4.69, 9.17) is 9.92 Å². The molecule has 0 atom stereocenters. The Morgan fingerprint density at radius 1 is 0.857 bits per heavy atom. The molecular formula is C14H11N3O3S. The third-order valence-electron chi connectivity index (χ3n) is 2.78. The van der Waals surface area contributed by atoms with Crippen molar-refractivity contribution < 1.29 is 12.6 Å². The standard InChI is InChI=1S/C14H11N3O3S/c15-13-14(17-12-9-5-4-8-11(12)16-13)20-21(18,19)10-6-2-1-3-7-10/h1-9H,(H2,15,16). The predicted octanol–water partition coefficient (Wildman–Crippen LogP) is 1.98. The zero-order valence-electron chi connectivity index (χ0n) is 10.8. The molecule has 106 valence electrons. The van der Waals surface area contributed by atoms with E-state index in [1.54, 1.807) is 42.5 Å². The SMILES string of the molecule is Nc1nc2ccccc2nc1OS(=O)(=O)c1ccccc1. The zero-order valence-corrected chi connectivity index (χ0v) is 11.6. The molecule has 3 aromatic rings. The van der Waals surface area contributed by atoms with Crippen molar-refractivity contribution in [1.29, 1.82) is 0 Å². The zero-order chi connectivity index (χ0) is 14.9. The first-order valence-electron chi connectivity index (χ1n) is 6.08. The Kier molecular flexibility index (Phi) is 3.19. The van der Waals surface area contributed by atoms with Crippen molar-refractivity contribution in [2.24, 2.45) is 0 Å². The molecule has 0 aliphatic heterocycles. The second-order valence-electron chi connectivity index (χ2n) is 4.25. The van der Waals surface area contributed by atoms with Gasteiger partial charge in [-0.25, -0.2) is 9.97 Å². The lowest BCUT2D eigenvalue weighted by atomic mass is 10.3. The molecule has 0 spiro atoms. The van der Waals surface area contributed by atoms with Gasteiger partial charge in [0.2, 0.25) is 0 Å². The Balaban J connectivity index is 2.04. The number of benzene rings is 2. The second-order valence-corrected chi connectivity index (χ2v) is 5.80. The molecule has 1 aromatic heterocycles. The van der Waals surface area contributed by atoms with Crippen molar-refractivity contribution in [1.82, 2.24) is 9.97 Å². The van der Waals surface area contributed by atoms with Crippen LogP contribution in [-0.4, -0.2) is 18.4 Å². The maximum Gasteiger partial charge on any atom is 0.340 e. The van der Waals surface area contributed by atoms with Gasteiger partial charge in [-0.2, -0.15) is 8.42 Å². The lowest BCUT2D eigenvalue weighted by Gasteiger charge is -2.08. The van der Waals surface area contributed by atoms with Crippen LogP contribution < -0.4 is 9.92 Å². The van der Waals surface area contributed by atoms with E-state index in [0.29, 0.717) is 11.0 Å². The molecule has 0 aliphatic rings. The average Bonchev–Trinajstić information content (AvgIpc) is 2.49. The van der Waals surface area contributed by atoms with Crippen LogP contribution in [0.15, 0.2) is 59.5 Å². The number of nitrogens with two attached hydrogens (primary N) is 1. The molecule has 2 aromatic carbocycles. The van der Waals surface area contributed by atoms with E-state index in [9.17, 15) is 8.42 Å². The van der Waals surface area contributed by atoms with E-state index in [1.165, 1.54) is 12.1 Å². The summed E-state index contributed by atoms with van der Waals surface area (Å²) < 4.78 is 29.3. The fourth-order valence-corrected chi connectivity index (χ4v) is 2.72. The van der Waals surface area contributed by atoms with Gasteiger partial charge in [0.05, 0.1) is 11.0 Å². The van der Waals surface area contributed by atoms with Gasteiger partial charge in [0.25, 0.3) is 5.88 Å². The minimum atomic E-state index is -3.99. The van der Waals surface area contributed by atoms with E-state index in [1.807, 2.05) is 0 Å². The summed E-state index contributed by atoms with van der Waals surface area (Å²) in [6.45, 7) is 0. The number of hydrogen-bond donors (Lipinski definition) is 1. The number of hydrogen-bond acceptors (Lipinski definition) is 6. The van der Waals surface area contributed by atoms with Gasteiger partial charge in [-0.1, -0.05) is 30.3 Å². The highest BCUT2D eigenvalue weighted by Gasteiger charge is 2.19. The van der Waals surface area contributed by atoms with Crippen LogP contribution in [0.2, 0.25) is 0 Å². The molecule has 6 nitrogen and oxygen atoms in total. The summed E-state index contributed by atoms with van der Waals surface area (Å²) in [5.41, 5.74) is 6.78. The summed E-state index contributed by atoms with van der Waals surface area (Å²) in [4.78, 5) is 8.20. The van der Waals surface area contributed by atoms with Gasteiger partial charge in [0.15, 0.2) is 5.82 Å². The average molecular weight is 301 g/mol. The molecule has 0 saturated carbocycles. The number of anilines is 1. The van der Waals surface area contributed by atoms with Crippen LogP contribution in [-0.2, 0) is 10.1 Å². The topological polar surface area (TPSA) is 95.2 Å². The molecular weight excluding hydrogens is 290 g/mol. The van der Waals surface area contributed by atoms with Crippen molar-refractivity contribution in [3.05, 3.63) is 54.6 Å². The Morgan fingerprint density at radius 3 is 2.10 bits per heavy atom. The largest absolute Gasteiger partial charge is 0.379 e. The van der Waals surface area contributed by atoms with Crippen LogP contribution in [0.5, 0.6) is 5.88 Å². The molecule has 3 rings (SSSR count). The number of fused-ring (bicyclic) bond motifs is 1. The smallest absolute Gasteiger partial charge is 0.340 e. The van der Waals surface area contributed by atoms with Gasteiger partial charge in [-0.15, -0.1) is 0 Å². The van der Waals surface area contributed by atoms with Crippen molar-refractivity contribution in [2.75, 3.05) is 5.73 Å². The van der Waals surface area contributed by atoms with Crippen LogP contribution in [0, 0.1) is 0 Å². The molecule has 7 heteroatoms. The van der Waals surface area contributed by atoms with Gasteiger partial charge >= 0.3 is 10.1 Å². The number of nitrogen functional groups attached to an aromatic ring is 1. The van der Waals surface area contributed by atoms with Gasteiger partial charge in [-0.05, 0) is 24.3 Å². The first-order chi connectivity index (χ1) is 10.1. The van der Waals surface area contributed by atoms with Crippen LogP contribution in [0.4, 0.5) is 5.82 Å². The van der Waals surface area contributed by atoms with E-state index in [0.717, 1.165) is 0 Å². The van der Waals surface area contributed by atoms with Crippen molar-refractivity contribution >= 4 is 27.0 Å². The summed E-state index contributed by atoms with van der Waals surface area (Å²) in [5, 5.41) is 0. The highest BCUT2D eigenvalue weighted by Crippen LogP contribution is 2.24. The second kappa shape index (κ2) is 5.02. The van der Waals surface area contributed by atoms with E-state index >= 15 is 0 Å². The quantitative estimate of drug-likeness (QED) is 0.743. The van der Waals surface area contributed by atoms with Gasteiger partial charge < -0.3 is 9.92 Å². The molecule has 0 aliphatic carbocycles. The molecule has 0 saturated heterocycles. The Labute approximate surface area is 121 Å². The van der Waals surface area contributed by atoms with Gasteiger partial charge in [0.1, 0.15) is 4.90 Å². The van der Waals surface area contributed by atoms with E-state index < -0.39 is 10.1 Å². The summed E-state index contributed by atoms with van der Waals surface area (Å²) in [6.07, 6.45) is 0. The minimum Gasteiger partial charge on any atom is -0.379 e. The number of nitrogens with zero attached hydrogens (tertiary/aromatic N) is 2. The number of rotatable bonds is 3. The summed E-state index contributed by atoms with van der Waals surface area (Å²) >= 11 is 0. The van der Waals surface area contributed by atoms with Crippen LogP contribution >= 0.6 is 0 Å². The van der Waals surface area contributed by atoms with Crippen LogP contribution in [0.25, 0.3) is 11.0 Å². The van der Waals surface area contributed by atoms with Crippen LogP contribution in [0.3, 0.4) is 0 Å². The predicted molar refractivity (Wildman–Crippen MR) is 78.2 cm³/mol. The van der Waals surface area contributed by atoms with Crippen molar-refractivity contribution in [3.63, 3.8) is 0 Å². The maximum absolute atomic E-state index is 12.1. The monoisotopic (exact) mass is 301 g/mol. The highest BCUT2D eigenvalue weighted by molar-refractivity contribution is 7.87. The summed E-state index contributed by atoms with van der Waals surface area (Å²) in [7, 11) is -3.99. The first-order valence-corrected chi connectivity index (χ1v) is 7.49. The normalized spacial score (nSPS) is 11.4. The molecule has 0 amide bonds. The fourth-order valence-electron chi connectivity index (χ4n) is 1.80. The minimum absolute atomic E-state index is 0.0272. The molecule has 0 radical (unpaired) electrons. The maximum atomic E-state index is 12.1. The molecule has 0 unspecified atom stereocenters. The lowest BCUT2D eigenvalue weighted by molar-refractivity contribution is 0.477. The molecule has 1 heterocycles. The molecule has 0 fully saturated rings. The molecule has 2 N–H and O–H groups in total. The lowest BCUT2D eigenvalue weighted by Crippen LogP contribution is -2.12. The Hall–Kier alpha value is -2.67. The third-order valence-corrected chi connectivity index (χ3v) is 4.01. The highest BCUT2D eigenvalue weighted by atomic mass is 32.2. The van der Waals surface area contributed by atoms with E-state index in [2.05, 4.69) is 9.97 Å². The Morgan fingerprint density at radius 2 is 1.43 bits per heavy atom. The van der Waals surface area contributed by atoms with Crippen molar-refractivity contribution in [3.8, 4) is 5.88 Å². The van der Waals surface area contributed by atoms with Gasteiger partial charge in [0, 0.05) is 0 Å².